The molecular weight excluding hydrogens is 398 g/mol. The van der Waals surface area contributed by atoms with Crippen LogP contribution in [0.1, 0.15) is 63.9 Å². The first-order chi connectivity index (χ1) is 13.6. The predicted molar refractivity (Wildman–Crippen MR) is 107 cm³/mol. The number of carbonyl (C=O) groups is 3. The summed E-state index contributed by atoms with van der Waals surface area (Å²) in [6, 6.07) is 0. The molecule has 0 aliphatic carbocycles. The first kappa shape index (κ1) is 31.4. The van der Waals surface area contributed by atoms with Crippen LogP contribution in [0.5, 0.6) is 5.75 Å². The van der Waals surface area contributed by atoms with Gasteiger partial charge in [0.25, 0.3) is 5.56 Å². The van der Waals surface area contributed by atoms with Crippen LogP contribution in [0.3, 0.4) is 0 Å². The Bertz CT molecular complexity index is 744. The molecule has 0 spiro atoms. The Morgan fingerprint density at radius 2 is 1.63 bits per heavy atom. The number of hydrogen-bond acceptors (Lipinski definition) is 9. The Balaban J connectivity index is -0.000000421. The van der Waals surface area contributed by atoms with Gasteiger partial charge < -0.3 is 19.6 Å². The highest BCUT2D eigenvalue weighted by atomic mass is 16.5. The summed E-state index contributed by atoms with van der Waals surface area (Å²) in [7, 11) is 0. The molecule has 170 valence electrons. The van der Waals surface area contributed by atoms with E-state index in [1.54, 1.807) is 20.8 Å². The molecule has 1 aromatic rings. The van der Waals surface area contributed by atoms with Crippen LogP contribution in [0.25, 0.3) is 0 Å². The van der Waals surface area contributed by atoms with Crippen molar-refractivity contribution in [2.45, 2.75) is 54.9 Å². The van der Waals surface area contributed by atoms with E-state index in [1.807, 2.05) is 6.92 Å². The van der Waals surface area contributed by atoms with Crippen molar-refractivity contribution in [2.75, 3.05) is 13.2 Å². The number of aromatic hydroxyl groups is 1. The number of carbonyl (C=O) groups excluding carboxylic acids is 5. The number of rotatable bonds is 7. The second-order valence-electron chi connectivity index (χ2n) is 5.50. The zero-order chi connectivity index (χ0) is 23.0. The maximum absolute atomic E-state index is 11.2. The Morgan fingerprint density at radius 1 is 1.13 bits per heavy atom. The molecule has 0 aliphatic heterocycles. The van der Waals surface area contributed by atoms with Crippen LogP contribution in [0.2, 0.25) is 0 Å². The van der Waals surface area contributed by atoms with Crippen molar-refractivity contribution in [3.05, 3.63) is 27.7 Å². The highest BCUT2D eigenvalue weighted by molar-refractivity contribution is 5.98. The molecule has 1 rings (SSSR count). The lowest BCUT2D eigenvalue weighted by Gasteiger charge is -2.07. The summed E-state index contributed by atoms with van der Waals surface area (Å²) in [4.78, 5) is 63.0. The lowest BCUT2D eigenvalue weighted by atomic mass is 10.0. The smallest absolute Gasteiger partial charge is 0.373 e. The number of Topliss-reactive ketones (excluding diaryl/α,β-unsaturated/α-hetero) is 1. The Morgan fingerprint density at radius 3 is 2.07 bits per heavy atom. The normalized spacial score (nSPS) is 9.77. The highest BCUT2D eigenvalue weighted by Gasteiger charge is 2.21. The molecule has 0 aromatic carbocycles. The van der Waals surface area contributed by atoms with Crippen molar-refractivity contribution in [1.82, 2.24) is 4.98 Å². The second kappa shape index (κ2) is 17.8. The third kappa shape index (κ3) is 11.6. The molecule has 0 radical (unpaired) electrons. The van der Waals surface area contributed by atoms with Crippen molar-refractivity contribution < 1.29 is 38.6 Å². The van der Waals surface area contributed by atoms with Crippen molar-refractivity contribution in [1.29, 1.82) is 0 Å². The van der Waals surface area contributed by atoms with Crippen LogP contribution < -0.4 is 5.56 Å². The average molecular weight is 429 g/mol. The van der Waals surface area contributed by atoms with E-state index < -0.39 is 23.4 Å². The third-order valence-electron chi connectivity index (χ3n) is 3.41. The van der Waals surface area contributed by atoms with Gasteiger partial charge in [0.05, 0.1) is 18.8 Å². The SMILES string of the molecule is C.CCCC(=O)C(C)C(=O)OCC.CCOC(=O)c1c[nH]c(=O)c(C)c1O.O=C=O. The fourth-order valence-corrected chi connectivity index (χ4v) is 1.85. The quantitative estimate of drug-likeness (QED) is 0.489. The molecule has 1 heterocycles. The van der Waals surface area contributed by atoms with Gasteiger partial charge >= 0.3 is 18.1 Å². The van der Waals surface area contributed by atoms with Gasteiger partial charge in [0.1, 0.15) is 23.0 Å². The van der Waals surface area contributed by atoms with Crippen molar-refractivity contribution in [2.24, 2.45) is 5.92 Å². The molecule has 0 saturated heterocycles. The summed E-state index contributed by atoms with van der Waals surface area (Å²) in [6.45, 7) is 8.88. The molecule has 0 fully saturated rings. The van der Waals surface area contributed by atoms with E-state index in [1.165, 1.54) is 6.92 Å². The minimum Gasteiger partial charge on any atom is -0.507 e. The number of nitrogens with one attached hydrogen (secondary N) is 1. The van der Waals surface area contributed by atoms with E-state index >= 15 is 0 Å². The summed E-state index contributed by atoms with van der Waals surface area (Å²) in [5.41, 5.74) is -0.338. The van der Waals surface area contributed by atoms with Gasteiger partial charge in [0.15, 0.2) is 0 Å². The number of ketones is 1. The van der Waals surface area contributed by atoms with Crippen molar-refractivity contribution >= 4 is 23.9 Å². The van der Waals surface area contributed by atoms with Crippen LogP contribution in [0, 0.1) is 12.8 Å². The molecule has 2 N–H and O–H groups in total. The van der Waals surface area contributed by atoms with Crippen LogP contribution in [0.4, 0.5) is 0 Å². The number of ether oxygens (including phenoxy) is 2. The van der Waals surface area contributed by atoms with Gasteiger partial charge in [-0.1, -0.05) is 14.4 Å². The van der Waals surface area contributed by atoms with Gasteiger partial charge in [0, 0.05) is 12.6 Å². The van der Waals surface area contributed by atoms with Gasteiger partial charge in [-0.2, -0.15) is 9.59 Å². The molecule has 10 heteroatoms. The molecule has 1 aromatic heterocycles. The van der Waals surface area contributed by atoms with Crippen molar-refractivity contribution in [3.8, 4) is 5.75 Å². The number of esters is 2. The molecule has 0 aliphatic rings. The van der Waals surface area contributed by atoms with Crippen LogP contribution >= 0.6 is 0 Å². The number of pyridine rings is 1. The molecule has 0 bridgehead atoms. The first-order valence-electron chi connectivity index (χ1n) is 8.89. The molecule has 1 atom stereocenters. The van der Waals surface area contributed by atoms with Gasteiger partial charge in [-0.15, -0.1) is 0 Å². The number of hydrogen-bond donors (Lipinski definition) is 2. The summed E-state index contributed by atoms with van der Waals surface area (Å²) >= 11 is 0. The summed E-state index contributed by atoms with van der Waals surface area (Å²) in [6.07, 6.45) is 2.63. The minimum absolute atomic E-state index is 0. The lowest BCUT2D eigenvalue weighted by molar-refractivity contribution is -0.191. The molecule has 30 heavy (non-hydrogen) atoms. The fraction of sp³-hybridized carbons (Fsp3) is 0.550. The minimum atomic E-state index is -0.649. The molecular formula is C20H31NO9. The molecule has 10 nitrogen and oxygen atoms in total. The summed E-state index contributed by atoms with van der Waals surface area (Å²) in [5.74, 6) is -2.01. The largest absolute Gasteiger partial charge is 0.507 e. The second-order valence-corrected chi connectivity index (χ2v) is 5.50. The monoisotopic (exact) mass is 429 g/mol. The number of H-pyrrole nitrogens is 1. The number of aromatic amines is 1. The van der Waals surface area contributed by atoms with Gasteiger partial charge in [-0.05, 0) is 34.1 Å². The Kier molecular flexibility index (Phi) is 18.7. The van der Waals surface area contributed by atoms with E-state index in [-0.39, 0.29) is 42.8 Å². The van der Waals surface area contributed by atoms with E-state index in [4.69, 9.17) is 14.3 Å². The van der Waals surface area contributed by atoms with Crippen LogP contribution in [-0.2, 0) is 28.7 Å². The molecule has 0 saturated carbocycles. The van der Waals surface area contributed by atoms with E-state index in [2.05, 4.69) is 9.72 Å². The zero-order valence-corrected chi connectivity index (χ0v) is 17.2. The van der Waals surface area contributed by atoms with E-state index in [0.29, 0.717) is 13.0 Å². The zero-order valence-electron chi connectivity index (χ0n) is 17.2. The average Bonchev–Trinajstić information content (AvgIpc) is 2.67. The predicted octanol–water partition coefficient (Wildman–Crippen LogP) is 2.17. The van der Waals surface area contributed by atoms with E-state index in [0.717, 1.165) is 12.6 Å². The van der Waals surface area contributed by atoms with Gasteiger partial charge in [-0.3, -0.25) is 14.4 Å². The Hall–Kier alpha value is -3.26. The van der Waals surface area contributed by atoms with Crippen LogP contribution in [-0.4, -0.2) is 47.2 Å². The highest BCUT2D eigenvalue weighted by Crippen LogP contribution is 2.18. The lowest BCUT2D eigenvalue weighted by Crippen LogP contribution is -2.22. The fourth-order valence-electron chi connectivity index (χ4n) is 1.85. The third-order valence-corrected chi connectivity index (χ3v) is 3.41. The maximum atomic E-state index is 11.2. The topological polar surface area (TPSA) is 157 Å². The number of aromatic nitrogens is 1. The molecule has 0 amide bonds. The van der Waals surface area contributed by atoms with Gasteiger partial charge in [-0.25, -0.2) is 4.79 Å². The Labute approximate surface area is 175 Å². The van der Waals surface area contributed by atoms with Crippen molar-refractivity contribution in [3.63, 3.8) is 0 Å². The van der Waals surface area contributed by atoms with E-state index in [9.17, 15) is 24.3 Å². The van der Waals surface area contributed by atoms with Crippen LogP contribution in [0.15, 0.2) is 11.0 Å². The first-order valence-corrected chi connectivity index (χ1v) is 8.89. The summed E-state index contributed by atoms with van der Waals surface area (Å²) < 4.78 is 9.39. The summed E-state index contributed by atoms with van der Waals surface area (Å²) in [5, 5.41) is 9.45. The molecule has 1 unspecified atom stereocenters. The maximum Gasteiger partial charge on any atom is 0.373 e. The standard InChI is InChI=1S/C9H11NO4.C9H16O3.CO2.CH4/c1-3-14-9(13)6-4-10-8(12)5(2)7(6)11;1-4-6-8(10)7(3)9(11)12-5-2;2-1-3;/h4H,3H2,1-2H3,(H2,10,11,12);7H,4-6H2,1-3H3;;1H4. The van der Waals surface area contributed by atoms with Gasteiger partial charge in [0.2, 0.25) is 0 Å².